The normalized spacial score (nSPS) is 16.1. The first-order chi connectivity index (χ1) is 8.08. The topological polar surface area (TPSA) is 82.7 Å². The fraction of sp³-hybridized carbons (Fsp3) is 0.400. The Morgan fingerprint density at radius 3 is 2.59 bits per heavy atom. The Hall–Kier alpha value is -1.69. The Morgan fingerprint density at radius 2 is 2.00 bits per heavy atom. The lowest BCUT2D eigenvalue weighted by atomic mass is 10.3. The van der Waals surface area contributed by atoms with Crippen LogP contribution in [0.1, 0.15) is 0 Å². The van der Waals surface area contributed by atoms with Crippen LogP contribution in [0.5, 0.6) is 0 Å². The van der Waals surface area contributed by atoms with Gasteiger partial charge in [0.1, 0.15) is 5.15 Å². The van der Waals surface area contributed by atoms with E-state index in [4.69, 9.17) is 22.4 Å². The van der Waals surface area contributed by atoms with E-state index < -0.39 is 6.09 Å². The summed E-state index contributed by atoms with van der Waals surface area (Å²) in [4.78, 5) is 18.2. The number of nitrogens with zero attached hydrogens (tertiary/aromatic N) is 3. The first kappa shape index (κ1) is 11.8. The standard InChI is InChI=1S/C10H13ClN4O2/c11-8-2-1-7(12)9(13-8)14-3-5-15(6-4-14)10(16)17/h1-2H,3-6,12H2,(H,16,17). The molecule has 2 heterocycles. The van der Waals surface area contributed by atoms with Crippen LogP contribution in [0.3, 0.4) is 0 Å². The Morgan fingerprint density at radius 1 is 1.35 bits per heavy atom. The SMILES string of the molecule is Nc1ccc(Cl)nc1N1CCN(C(=O)O)CC1. The van der Waals surface area contributed by atoms with Crippen molar-refractivity contribution >= 4 is 29.2 Å². The van der Waals surface area contributed by atoms with Crippen molar-refractivity contribution in [3.8, 4) is 0 Å². The third-order valence-electron chi connectivity index (χ3n) is 2.72. The molecule has 1 fully saturated rings. The van der Waals surface area contributed by atoms with Gasteiger partial charge in [-0.3, -0.25) is 0 Å². The van der Waals surface area contributed by atoms with Gasteiger partial charge in [0.25, 0.3) is 0 Å². The van der Waals surface area contributed by atoms with E-state index in [-0.39, 0.29) is 0 Å². The van der Waals surface area contributed by atoms with Crippen molar-refractivity contribution in [2.45, 2.75) is 0 Å². The lowest BCUT2D eigenvalue weighted by molar-refractivity contribution is 0.142. The fourth-order valence-corrected chi connectivity index (χ4v) is 1.94. The molecular weight excluding hydrogens is 244 g/mol. The van der Waals surface area contributed by atoms with Gasteiger partial charge < -0.3 is 20.6 Å². The number of pyridine rings is 1. The lowest BCUT2D eigenvalue weighted by Crippen LogP contribution is -2.48. The summed E-state index contributed by atoms with van der Waals surface area (Å²) in [5.74, 6) is 0.627. The summed E-state index contributed by atoms with van der Waals surface area (Å²) in [6.07, 6.45) is -0.892. The molecule has 1 aliphatic heterocycles. The number of piperazine rings is 1. The largest absolute Gasteiger partial charge is 0.465 e. The van der Waals surface area contributed by atoms with Gasteiger partial charge in [-0.25, -0.2) is 9.78 Å². The average molecular weight is 257 g/mol. The third-order valence-corrected chi connectivity index (χ3v) is 2.93. The summed E-state index contributed by atoms with van der Waals surface area (Å²) in [6, 6.07) is 3.34. The summed E-state index contributed by atoms with van der Waals surface area (Å²) in [5.41, 5.74) is 6.38. The maximum atomic E-state index is 10.8. The number of anilines is 2. The second kappa shape index (κ2) is 4.67. The van der Waals surface area contributed by atoms with E-state index in [2.05, 4.69) is 4.98 Å². The summed E-state index contributed by atoms with van der Waals surface area (Å²) >= 11 is 5.82. The molecule has 0 bridgehead atoms. The Bertz CT molecular complexity index is 432. The van der Waals surface area contributed by atoms with Crippen molar-refractivity contribution in [2.24, 2.45) is 0 Å². The number of aromatic nitrogens is 1. The van der Waals surface area contributed by atoms with Gasteiger partial charge in [0, 0.05) is 26.2 Å². The average Bonchev–Trinajstić information content (AvgIpc) is 2.32. The molecule has 1 saturated heterocycles. The van der Waals surface area contributed by atoms with Gasteiger partial charge in [-0.05, 0) is 12.1 Å². The van der Waals surface area contributed by atoms with E-state index in [1.54, 1.807) is 12.1 Å². The summed E-state index contributed by atoms with van der Waals surface area (Å²) in [5, 5.41) is 9.22. The van der Waals surface area contributed by atoms with Crippen molar-refractivity contribution in [1.82, 2.24) is 9.88 Å². The molecule has 0 aliphatic carbocycles. The summed E-state index contributed by atoms with van der Waals surface area (Å²) in [6.45, 7) is 2.04. The third kappa shape index (κ3) is 2.52. The second-order valence-electron chi connectivity index (χ2n) is 3.80. The minimum atomic E-state index is -0.892. The van der Waals surface area contributed by atoms with Gasteiger partial charge in [0.2, 0.25) is 0 Å². The number of hydrogen-bond acceptors (Lipinski definition) is 4. The van der Waals surface area contributed by atoms with E-state index in [9.17, 15) is 4.79 Å². The van der Waals surface area contributed by atoms with Crippen LogP contribution in [0.2, 0.25) is 5.15 Å². The molecule has 3 N–H and O–H groups in total. The number of nitrogen functional groups attached to an aromatic ring is 1. The Balaban J connectivity index is 2.10. The number of hydrogen-bond donors (Lipinski definition) is 2. The number of nitrogens with two attached hydrogens (primary N) is 1. The first-order valence-corrected chi connectivity index (χ1v) is 5.60. The van der Waals surface area contributed by atoms with Crippen LogP contribution >= 0.6 is 11.6 Å². The highest BCUT2D eigenvalue weighted by Gasteiger charge is 2.22. The van der Waals surface area contributed by atoms with Gasteiger partial charge in [0.05, 0.1) is 5.69 Å². The van der Waals surface area contributed by atoms with Gasteiger partial charge in [-0.2, -0.15) is 0 Å². The van der Waals surface area contributed by atoms with E-state index in [1.807, 2.05) is 4.90 Å². The second-order valence-corrected chi connectivity index (χ2v) is 4.19. The molecule has 0 aromatic carbocycles. The number of carbonyl (C=O) groups is 1. The highest BCUT2D eigenvalue weighted by atomic mass is 35.5. The number of halogens is 1. The molecular formula is C10H13ClN4O2. The van der Waals surface area contributed by atoms with Gasteiger partial charge >= 0.3 is 6.09 Å². The monoisotopic (exact) mass is 256 g/mol. The molecule has 0 saturated carbocycles. The fourth-order valence-electron chi connectivity index (χ4n) is 1.80. The zero-order valence-corrected chi connectivity index (χ0v) is 9.89. The van der Waals surface area contributed by atoms with Crippen molar-refractivity contribution in [1.29, 1.82) is 0 Å². The molecule has 92 valence electrons. The van der Waals surface area contributed by atoms with Crippen LogP contribution in [0, 0.1) is 0 Å². The zero-order chi connectivity index (χ0) is 12.4. The Kier molecular flexibility index (Phi) is 3.23. The van der Waals surface area contributed by atoms with Crippen LogP contribution in [0.25, 0.3) is 0 Å². The van der Waals surface area contributed by atoms with E-state index in [0.29, 0.717) is 42.8 Å². The predicted molar refractivity (Wildman–Crippen MR) is 65.5 cm³/mol. The number of rotatable bonds is 1. The van der Waals surface area contributed by atoms with Crippen molar-refractivity contribution < 1.29 is 9.90 Å². The van der Waals surface area contributed by atoms with Gasteiger partial charge in [-0.15, -0.1) is 0 Å². The molecule has 17 heavy (non-hydrogen) atoms. The molecule has 1 amide bonds. The molecule has 1 aliphatic rings. The minimum Gasteiger partial charge on any atom is -0.465 e. The molecule has 0 spiro atoms. The van der Waals surface area contributed by atoms with Gasteiger partial charge in [0.15, 0.2) is 5.82 Å². The summed E-state index contributed by atoms with van der Waals surface area (Å²) in [7, 11) is 0. The molecule has 0 atom stereocenters. The van der Waals surface area contributed by atoms with Crippen LogP contribution in [-0.2, 0) is 0 Å². The first-order valence-electron chi connectivity index (χ1n) is 5.23. The summed E-state index contributed by atoms with van der Waals surface area (Å²) < 4.78 is 0. The molecule has 2 rings (SSSR count). The number of amides is 1. The zero-order valence-electron chi connectivity index (χ0n) is 9.14. The van der Waals surface area contributed by atoms with Crippen molar-refractivity contribution in [2.75, 3.05) is 36.8 Å². The molecule has 1 aromatic heterocycles. The van der Waals surface area contributed by atoms with Crippen LogP contribution < -0.4 is 10.6 Å². The van der Waals surface area contributed by atoms with Crippen LogP contribution in [0.15, 0.2) is 12.1 Å². The van der Waals surface area contributed by atoms with E-state index >= 15 is 0 Å². The highest BCUT2D eigenvalue weighted by molar-refractivity contribution is 6.29. The smallest absolute Gasteiger partial charge is 0.407 e. The molecule has 1 aromatic rings. The predicted octanol–water partition coefficient (Wildman–Crippen LogP) is 1.12. The highest BCUT2D eigenvalue weighted by Crippen LogP contribution is 2.23. The quantitative estimate of drug-likeness (QED) is 0.736. The lowest BCUT2D eigenvalue weighted by Gasteiger charge is -2.34. The molecule has 6 nitrogen and oxygen atoms in total. The maximum Gasteiger partial charge on any atom is 0.407 e. The van der Waals surface area contributed by atoms with E-state index in [0.717, 1.165) is 0 Å². The van der Waals surface area contributed by atoms with Gasteiger partial charge in [-0.1, -0.05) is 11.6 Å². The number of carboxylic acid groups (broad SMARTS) is 1. The molecule has 0 unspecified atom stereocenters. The maximum absolute atomic E-state index is 10.8. The van der Waals surface area contributed by atoms with Crippen molar-refractivity contribution in [3.63, 3.8) is 0 Å². The molecule has 0 radical (unpaired) electrons. The van der Waals surface area contributed by atoms with E-state index in [1.165, 1.54) is 4.90 Å². The van der Waals surface area contributed by atoms with Crippen LogP contribution in [-0.4, -0.2) is 47.3 Å². The van der Waals surface area contributed by atoms with Crippen LogP contribution in [0.4, 0.5) is 16.3 Å². The minimum absolute atomic E-state index is 0.384. The van der Waals surface area contributed by atoms with Crippen molar-refractivity contribution in [3.05, 3.63) is 17.3 Å². The molecule has 7 heteroatoms. The Labute approximate surface area is 104 Å².